The number of nitrogens with one attached hydrogen (secondary N) is 1. The molecule has 1 N–H and O–H groups in total. The number of aromatic amines is 1. The number of hydrogen-bond acceptors (Lipinski definition) is 3. The highest BCUT2D eigenvalue weighted by Crippen LogP contribution is 2.30. The van der Waals surface area contributed by atoms with Gasteiger partial charge in [-0.1, -0.05) is 18.2 Å². The summed E-state index contributed by atoms with van der Waals surface area (Å²) in [6, 6.07) is 8.09. The third kappa shape index (κ3) is 1.93. The number of nitrogens with zero attached hydrogens (tertiary/aromatic N) is 1. The van der Waals surface area contributed by atoms with Gasteiger partial charge >= 0.3 is 5.97 Å². The van der Waals surface area contributed by atoms with E-state index in [1.54, 1.807) is 4.90 Å². The molecule has 5 heteroatoms. The Morgan fingerprint density at radius 2 is 2.14 bits per heavy atom. The molecule has 3 heterocycles. The van der Waals surface area contributed by atoms with E-state index < -0.39 is 0 Å². The zero-order valence-corrected chi connectivity index (χ0v) is 11.3. The molecule has 1 aromatic heterocycles. The van der Waals surface area contributed by atoms with Gasteiger partial charge in [-0.25, -0.2) is 4.79 Å². The molecule has 1 atom stereocenters. The van der Waals surface area contributed by atoms with Crippen molar-refractivity contribution in [2.75, 3.05) is 6.54 Å². The lowest BCUT2D eigenvalue weighted by molar-refractivity contribution is -0.139. The van der Waals surface area contributed by atoms with Crippen LogP contribution in [0.2, 0.25) is 0 Å². The van der Waals surface area contributed by atoms with E-state index in [9.17, 15) is 9.59 Å². The maximum atomic E-state index is 12.0. The number of hydrogen-bond donors (Lipinski definition) is 1. The number of likely N-dealkylation sites (tertiary alicyclic amines) is 1. The molecule has 0 aliphatic carbocycles. The topological polar surface area (TPSA) is 62.4 Å². The zero-order valence-electron chi connectivity index (χ0n) is 11.3. The molecule has 1 aromatic carbocycles. The molecule has 21 heavy (non-hydrogen) atoms. The number of amides is 1. The van der Waals surface area contributed by atoms with Gasteiger partial charge in [-0.15, -0.1) is 0 Å². The van der Waals surface area contributed by atoms with Crippen LogP contribution >= 0.6 is 0 Å². The van der Waals surface area contributed by atoms with Gasteiger partial charge in [0.25, 0.3) is 0 Å². The van der Waals surface area contributed by atoms with Crippen LogP contribution in [0.25, 0.3) is 10.9 Å². The van der Waals surface area contributed by atoms with E-state index in [-0.39, 0.29) is 24.4 Å². The lowest BCUT2D eigenvalue weighted by atomic mass is 10.1. The number of para-hydroxylation sites is 1. The van der Waals surface area contributed by atoms with E-state index in [0.29, 0.717) is 12.2 Å². The van der Waals surface area contributed by atoms with Gasteiger partial charge in [0.05, 0.1) is 12.1 Å². The highest BCUT2D eigenvalue weighted by Gasteiger charge is 2.41. The molecule has 0 bridgehead atoms. The molecule has 106 valence electrons. The molecule has 0 unspecified atom stereocenters. The largest absolute Gasteiger partial charge is 0.452 e. The summed E-state index contributed by atoms with van der Waals surface area (Å²) in [5.74, 6) is -0.321. The van der Waals surface area contributed by atoms with Gasteiger partial charge in [-0.2, -0.15) is 0 Å². The first kappa shape index (κ1) is 12.2. The second-order valence-corrected chi connectivity index (χ2v) is 5.35. The highest BCUT2D eigenvalue weighted by atomic mass is 16.5. The fourth-order valence-electron chi connectivity index (χ4n) is 3.08. The number of ether oxygens (including phenoxy) is 1. The average molecular weight is 282 g/mol. The number of aromatic nitrogens is 1. The van der Waals surface area contributed by atoms with Crippen molar-refractivity contribution in [1.82, 2.24) is 9.88 Å². The first-order valence-corrected chi connectivity index (χ1v) is 7.00. The quantitative estimate of drug-likeness (QED) is 0.872. The zero-order chi connectivity index (χ0) is 14.4. The van der Waals surface area contributed by atoms with Crippen molar-refractivity contribution in [2.24, 2.45) is 0 Å². The molecule has 1 saturated heterocycles. The van der Waals surface area contributed by atoms with Crippen LogP contribution in [-0.4, -0.2) is 34.4 Å². The van der Waals surface area contributed by atoms with Gasteiger partial charge in [0, 0.05) is 29.7 Å². The van der Waals surface area contributed by atoms with Crippen LogP contribution < -0.4 is 0 Å². The fraction of sp³-hybridized carbons (Fsp3) is 0.250. The van der Waals surface area contributed by atoms with E-state index in [1.165, 1.54) is 17.0 Å². The lowest BCUT2D eigenvalue weighted by Gasteiger charge is -2.16. The molecule has 4 rings (SSSR count). The Hall–Kier alpha value is -2.56. The number of carbonyl (C=O) groups excluding carboxylic acids is 2. The number of benzene rings is 1. The molecule has 0 spiro atoms. The molecule has 0 saturated carbocycles. The Bertz CT molecular complexity index is 775. The molecule has 2 aliphatic rings. The number of esters is 1. The number of H-pyrrole nitrogens is 1. The van der Waals surface area contributed by atoms with Crippen molar-refractivity contribution in [3.63, 3.8) is 0 Å². The molecule has 2 aromatic rings. The van der Waals surface area contributed by atoms with Crippen molar-refractivity contribution in [2.45, 2.75) is 18.9 Å². The minimum Gasteiger partial charge on any atom is -0.452 e. The fourth-order valence-corrected chi connectivity index (χ4v) is 3.08. The van der Waals surface area contributed by atoms with Crippen molar-refractivity contribution in [3.05, 3.63) is 47.8 Å². The van der Waals surface area contributed by atoms with E-state index in [1.807, 2.05) is 24.4 Å². The van der Waals surface area contributed by atoms with Crippen molar-refractivity contribution in [3.8, 4) is 0 Å². The molecule has 5 nitrogen and oxygen atoms in total. The number of rotatable bonds is 3. The Morgan fingerprint density at radius 3 is 3.05 bits per heavy atom. The number of fused-ring (bicyclic) bond motifs is 2. The minimum atomic E-state index is -0.368. The lowest BCUT2D eigenvalue weighted by Crippen LogP contribution is -2.26. The summed E-state index contributed by atoms with van der Waals surface area (Å²) in [5.41, 5.74) is 2.98. The van der Waals surface area contributed by atoms with E-state index >= 15 is 0 Å². The van der Waals surface area contributed by atoms with E-state index in [2.05, 4.69) is 11.1 Å². The summed E-state index contributed by atoms with van der Waals surface area (Å²) in [7, 11) is 0. The van der Waals surface area contributed by atoms with E-state index in [4.69, 9.17) is 4.74 Å². The summed E-state index contributed by atoms with van der Waals surface area (Å²) in [6.45, 7) is 0.569. The standard InChI is InChI=1S/C16H14N2O3/c19-15-8-14-13(7-16(20)21-14)18(15)6-5-10-9-17-12-4-2-1-3-11(10)12/h1-4,7,9,14,17H,5-6,8H2/t14-/m0/s1. The molecular weight excluding hydrogens is 268 g/mol. The van der Waals surface area contributed by atoms with Gasteiger partial charge in [-0.3, -0.25) is 4.79 Å². The van der Waals surface area contributed by atoms with E-state index in [0.717, 1.165) is 11.9 Å². The van der Waals surface area contributed by atoms with Crippen LogP contribution in [0.3, 0.4) is 0 Å². The number of carbonyl (C=O) groups is 2. The van der Waals surface area contributed by atoms with Crippen LogP contribution in [0.5, 0.6) is 0 Å². The van der Waals surface area contributed by atoms with Gasteiger partial charge in [0.2, 0.25) is 5.91 Å². The smallest absolute Gasteiger partial charge is 0.333 e. The normalized spacial score (nSPS) is 20.9. The van der Waals surface area contributed by atoms with Crippen molar-refractivity contribution >= 4 is 22.8 Å². The third-order valence-corrected chi connectivity index (χ3v) is 4.11. The van der Waals surface area contributed by atoms with Crippen molar-refractivity contribution < 1.29 is 14.3 Å². The van der Waals surface area contributed by atoms with Gasteiger partial charge < -0.3 is 14.6 Å². The van der Waals surface area contributed by atoms with Crippen LogP contribution in [0.15, 0.2) is 42.2 Å². The van der Waals surface area contributed by atoms with Crippen LogP contribution in [-0.2, 0) is 20.7 Å². The first-order valence-electron chi connectivity index (χ1n) is 7.00. The molecule has 1 amide bonds. The van der Waals surface area contributed by atoms with Crippen LogP contribution in [0.1, 0.15) is 12.0 Å². The molecule has 1 fully saturated rings. The Morgan fingerprint density at radius 1 is 1.29 bits per heavy atom. The predicted molar refractivity (Wildman–Crippen MR) is 76.3 cm³/mol. The minimum absolute atomic E-state index is 0.0265. The first-order chi connectivity index (χ1) is 10.2. The van der Waals surface area contributed by atoms with Gasteiger partial charge in [-0.05, 0) is 18.1 Å². The summed E-state index contributed by atoms with van der Waals surface area (Å²) in [6.07, 6.45) is 4.06. The van der Waals surface area contributed by atoms with Gasteiger partial charge in [0.1, 0.15) is 0 Å². The Kier molecular flexibility index (Phi) is 2.60. The predicted octanol–water partition coefficient (Wildman–Crippen LogP) is 1.75. The van der Waals surface area contributed by atoms with Crippen LogP contribution in [0.4, 0.5) is 0 Å². The Labute approximate surface area is 121 Å². The van der Waals surface area contributed by atoms with Crippen LogP contribution in [0, 0.1) is 0 Å². The summed E-state index contributed by atoms with van der Waals surface area (Å²) >= 11 is 0. The summed E-state index contributed by atoms with van der Waals surface area (Å²) in [5, 5.41) is 1.17. The molecular formula is C16H14N2O3. The summed E-state index contributed by atoms with van der Waals surface area (Å²) in [4.78, 5) is 28.2. The second kappa shape index (κ2) is 4.48. The van der Waals surface area contributed by atoms with Crippen molar-refractivity contribution in [1.29, 1.82) is 0 Å². The monoisotopic (exact) mass is 282 g/mol. The maximum absolute atomic E-state index is 12.0. The van der Waals surface area contributed by atoms with Gasteiger partial charge in [0.15, 0.2) is 6.10 Å². The maximum Gasteiger partial charge on any atom is 0.333 e. The molecule has 2 aliphatic heterocycles. The SMILES string of the molecule is O=C1C=C2[C@H](CC(=O)N2CCc2c[nH]c3ccccc23)O1. The molecule has 0 radical (unpaired) electrons. The summed E-state index contributed by atoms with van der Waals surface area (Å²) < 4.78 is 5.09. The third-order valence-electron chi connectivity index (χ3n) is 4.11. The second-order valence-electron chi connectivity index (χ2n) is 5.35. The Balaban J connectivity index is 1.55. The highest BCUT2D eigenvalue weighted by molar-refractivity contribution is 5.92. The average Bonchev–Trinajstić information content (AvgIpc) is 3.10.